The lowest BCUT2D eigenvalue weighted by Crippen LogP contribution is -2.35. The molecule has 36 heavy (non-hydrogen) atoms. The molecule has 1 aliphatic rings. The molecule has 0 saturated heterocycles. The van der Waals surface area contributed by atoms with Crippen LogP contribution in [-0.4, -0.2) is 29.6 Å². The number of alkyl halides is 5. The highest BCUT2D eigenvalue weighted by Gasteiger charge is 2.40. The van der Waals surface area contributed by atoms with Crippen molar-refractivity contribution >= 4 is 20.9 Å². The van der Waals surface area contributed by atoms with Crippen molar-refractivity contribution in [2.75, 3.05) is 0 Å². The summed E-state index contributed by atoms with van der Waals surface area (Å²) < 4.78 is 113. The second-order valence-corrected chi connectivity index (χ2v) is 12.2. The van der Waals surface area contributed by atoms with Gasteiger partial charge in [0.1, 0.15) is 11.9 Å². The number of nitrogens with one attached hydrogen (secondary N) is 1. The van der Waals surface area contributed by atoms with Crippen LogP contribution in [0.4, 0.5) is 26.3 Å². The molecule has 3 aromatic rings. The molecule has 0 bridgehead atoms. The first-order valence-corrected chi connectivity index (χ1v) is 12.8. The molecule has 1 fully saturated rings. The van der Waals surface area contributed by atoms with Crippen LogP contribution in [0, 0.1) is 11.2 Å². The summed E-state index contributed by atoms with van der Waals surface area (Å²) in [4.78, 5) is 3.37. The molecule has 1 aromatic carbocycles. The van der Waals surface area contributed by atoms with Gasteiger partial charge in [-0.1, -0.05) is 26.8 Å². The van der Waals surface area contributed by atoms with Gasteiger partial charge in [-0.25, -0.2) is 26.3 Å². The molecule has 1 atom stereocenters. The molecule has 2 heterocycles. The number of aromatic nitrogens is 2. The van der Waals surface area contributed by atoms with Crippen LogP contribution in [-0.2, 0) is 22.7 Å². The lowest BCUT2D eigenvalue weighted by atomic mass is 9.96. The number of fused-ring (bicyclic) bond motifs is 1. The fourth-order valence-electron chi connectivity index (χ4n) is 4.18. The first kappa shape index (κ1) is 26.5. The van der Waals surface area contributed by atoms with Crippen LogP contribution in [0.2, 0.25) is 0 Å². The molecule has 12 heteroatoms. The van der Waals surface area contributed by atoms with E-state index < -0.39 is 62.0 Å². The minimum absolute atomic E-state index is 0.0123. The second-order valence-electron chi connectivity index (χ2n) is 10.2. The van der Waals surface area contributed by atoms with Crippen molar-refractivity contribution in [1.29, 1.82) is 0 Å². The molecule has 1 unspecified atom stereocenters. The summed E-state index contributed by atoms with van der Waals surface area (Å²) in [5.41, 5.74) is -2.51. The maximum Gasteiger partial charge on any atom is 0.433 e. The minimum atomic E-state index is -4.85. The normalized spacial score (nSPS) is 16.2. The average Bonchev–Trinajstić information content (AvgIpc) is 3.55. The molecular formula is C24H25F6N3O2S. The molecule has 0 radical (unpaired) electrons. The molecular weight excluding hydrogens is 508 g/mol. The predicted molar refractivity (Wildman–Crippen MR) is 123 cm³/mol. The van der Waals surface area contributed by atoms with E-state index in [9.17, 15) is 30.4 Å². The SMILES string of the molecule is CC(C)(C)Cn1cc(C(NS(=O)(=O)C2CC2)C(F)F)c2cc(F)c(-c3cccnc3C(F)(F)F)cc21. The zero-order chi connectivity index (χ0) is 26.6. The van der Waals surface area contributed by atoms with E-state index in [1.54, 1.807) is 0 Å². The van der Waals surface area contributed by atoms with Gasteiger partial charge in [0, 0.05) is 46.5 Å². The lowest BCUT2D eigenvalue weighted by molar-refractivity contribution is -0.140. The van der Waals surface area contributed by atoms with E-state index in [0.717, 1.165) is 18.3 Å². The summed E-state index contributed by atoms with van der Waals surface area (Å²) in [6.07, 6.45) is -5.01. The van der Waals surface area contributed by atoms with Crippen molar-refractivity contribution in [1.82, 2.24) is 14.3 Å². The molecule has 1 saturated carbocycles. The molecule has 196 valence electrons. The van der Waals surface area contributed by atoms with E-state index in [2.05, 4.69) is 9.71 Å². The summed E-state index contributed by atoms with van der Waals surface area (Å²) in [5, 5.41) is -0.766. The number of nitrogens with zero attached hydrogens (tertiary/aromatic N) is 2. The molecule has 0 amide bonds. The Balaban J connectivity index is 1.94. The second kappa shape index (κ2) is 9.05. The van der Waals surface area contributed by atoms with Gasteiger partial charge in [-0.3, -0.25) is 4.98 Å². The maximum atomic E-state index is 15.3. The number of rotatable bonds is 7. The first-order valence-electron chi connectivity index (χ1n) is 11.2. The van der Waals surface area contributed by atoms with Crippen LogP contribution < -0.4 is 4.72 Å². The monoisotopic (exact) mass is 533 g/mol. The van der Waals surface area contributed by atoms with Crippen LogP contribution in [0.25, 0.3) is 22.0 Å². The van der Waals surface area contributed by atoms with Gasteiger partial charge in [-0.15, -0.1) is 0 Å². The Morgan fingerprint density at radius 1 is 1.14 bits per heavy atom. The van der Waals surface area contributed by atoms with Gasteiger partial charge >= 0.3 is 6.18 Å². The quantitative estimate of drug-likeness (QED) is 0.363. The molecule has 0 spiro atoms. The summed E-state index contributed by atoms with van der Waals surface area (Å²) in [7, 11) is -4.02. The Hall–Kier alpha value is -2.60. The van der Waals surface area contributed by atoms with Crippen molar-refractivity contribution in [3.05, 3.63) is 53.7 Å². The van der Waals surface area contributed by atoms with E-state index in [0.29, 0.717) is 12.8 Å². The van der Waals surface area contributed by atoms with E-state index in [4.69, 9.17) is 0 Å². The van der Waals surface area contributed by atoms with E-state index in [1.165, 1.54) is 22.9 Å². The third kappa shape index (κ3) is 5.39. The van der Waals surface area contributed by atoms with E-state index in [1.807, 2.05) is 20.8 Å². The Morgan fingerprint density at radius 3 is 2.36 bits per heavy atom. The number of hydrogen-bond acceptors (Lipinski definition) is 3. The van der Waals surface area contributed by atoms with Gasteiger partial charge in [0.15, 0.2) is 5.69 Å². The number of hydrogen-bond donors (Lipinski definition) is 1. The van der Waals surface area contributed by atoms with Gasteiger partial charge in [0.05, 0.1) is 5.25 Å². The van der Waals surface area contributed by atoms with E-state index >= 15 is 4.39 Å². The third-order valence-electron chi connectivity index (χ3n) is 5.85. The highest BCUT2D eigenvalue weighted by molar-refractivity contribution is 7.90. The number of sulfonamides is 1. The van der Waals surface area contributed by atoms with Gasteiger partial charge in [0.25, 0.3) is 6.43 Å². The maximum absolute atomic E-state index is 15.3. The lowest BCUT2D eigenvalue weighted by Gasteiger charge is -2.20. The van der Waals surface area contributed by atoms with Crippen molar-refractivity contribution in [3.8, 4) is 11.1 Å². The van der Waals surface area contributed by atoms with Crippen LogP contribution >= 0.6 is 0 Å². The first-order chi connectivity index (χ1) is 16.6. The zero-order valence-electron chi connectivity index (χ0n) is 19.7. The minimum Gasteiger partial charge on any atom is -0.347 e. The Morgan fingerprint density at radius 2 is 1.81 bits per heavy atom. The Kier molecular flexibility index (Phi) is 6.66. The van der Waals surface area contributed by atoms with Gasteiger partial charge in [0.2, 0.25) is 10.0 Å². The predicted octanol–water partition coefficient (Wildman–Crippen LogP) is 6.30. The van der Waals surface area contributed by atoms with Crippen molar-refractivity contribution in [2.45, 2.75) is 64.1 Å². The van der Waals surface area contributed by atoms with Crippen molar-refractivity contribution in [2.24, 2.45) is 5.41 Å². The summed E-state index contributed by atoms with van der Waals surface area (Å²) in [5.74, 6) is -1.08. The third-order valence-corrected chi connectivity index (χ3v) is 7.78. The van der Waals surface area contributed by atoms with Crippen molar-refractivity contribution in [3.63, 3.8) is 0 Å². The summed E-state index contributed by atoms with van der Waals surface area (Å²) >= 11 is 0. The van der Waals surface area contributed by atoms with Crippen LogP contribution in [0.1, 0.15) is 50.9 Å². The molecule has 2 aromatic heterocycles. The number of pyridine rings is 1. The van der Waals surface area contributed by atoms with Gasteiger partial charge in [-0.05, 0) is 36.5 Å². The zero-order valence-corrected chi connectivity index (χ0v) is 20.5. The smallest absolute Gasteiger partial charge is 0.347 e. The van der Waals surface area contributed by atoms with Crippen LogP contribution in [0.5, 0.6) is 0 Å². The fourth-order valence-corrected chi connectivity index (χ4v) is 5.72. The van der Waals surface area contributed by atoms with Gasteiger partial charge in [-0.2, -0.15) is 13.2 Å². The largest absolute Gasteiger partial charge is 0.433 e. The Labute approximate surface area is 204 Å². The van der Waals surface area contributed by atoms with Gasteiger partial charge < -0.3 is 4.57 Å². The molecule has 4 rings (SSSR count). The molecule has 5 nitrogen and oxygen atoms in total. The highest BCUT2D eigenvalue weighted by Crippen LogP contribution is 2.40. The van der Waals surface area contributed by atoms with Crippen molar-refractivity contribution < 1.29 is 34.8 Å². The molecule has 1 aliphatic carbocycles. The summed E-state index contributed by atoms with van der Waals surface area (Å²) in [6.45, 7) is 5.85. The van der Waals surface area contributed by atoms with E-state index in [-0.39, 0.29) is 23.0 Å². The highest BCUT2D eigenvalue weighted by atomic mass is 32.2. The Bertz CT molecular complexity index is 1390. The van der Waals surface area contributed by atoms with Crippen LogP contribution in [0.15, 0.2) is 36.7 Å². The standard InChI is InChI=1S/C24H25F6N3O2S/c1-23(2,3)12-33-11-17(20(22(26)27)32-36(34,35)13-6-7-13)16-9-18(25)15(10-19(16)33)14-5-4-8-31-21(14)24(28,29)30/h4-5,8-11,13,20,22,32H,6-7,12H2,1-3H3. The topological polar surface area (TPSA) is 64.0 Å². The number of benzene rings is 1. The molecule has 1 N–H and O–H groups in total. The number of halogens is 6. The summed E-state index contributed by atoms with van der Waals surface area (Å²) in [6, 6.07) is 2.43. The molecule has 0 aliphatic heterocycles. The fraction of sp³-hybridized carbons (Fsp3) is 0.458. The average molecular weight is 534 g/mol. The van der Waals surface area contributed by atoms with Crippen LogP contribution in [0.3, 0.4) is 0 Å².